The van der Waals surface area contributed by atoms with E-state index in [1.807, 2.05) is 54.6 Å². The largest absolute Gasteiger partial charge is 0.507 e. The third-order valence-electron chi connectivity index (χ3n) is 6.76. The van der Waals surface area contributed by atoms with E-state index in [0.717, 1.165) is 30.6 Å². The molecule has 7 nitrogen and oxygen atoms in total. The van der Waals surface area contributed by atoms with Crippen LogP contribution in [0.3, 0.4) is 0 Å². The van der Waals surface area contributed by atoms with Crippen LogP contribution in [0.2, 0.25) is 0 Å². The molecule has 1 atom stereocenters. The summed E-state index contributed by atoms with van der Waals surface area (Å²) in [4.78, 5) is 28.2. The predicted molar refractivity (Wildman–Crippen MR) is 143 cm³/mol. The summed E-state index contributed by atoms with van der Waals surface area (Å²) in [5.74, 6) is 0.150. The van der Waals surface area contributed by atoms with Gasteiger partial charge in [-0.2, -0.15) is 0 Å². The Kier molecular flexibility index (Phi) is 7.63. The monoisotopic (exact) mass is 513 g/mol. The molecule has 2 aliphatic heterocycles. The molecule has 1 saturated heterocycles. The van der Waals surface area contributed by atoms with E-state index in [1.54, 1.807) is 18.2 Å². The highest BCUT2D eigenvalue weighted by molar-refractivity contribution is 6.46. The topological polar surface area (TPSA) is 85.3 Å². The zero-order valence-corrected chi connectivity index (χ0v) is 21.4. The van der Waals surface area contributed by atoms with Crippen LogP contribution in [0.5, 0.6) is 17.2 Å². The second kappa shape index (κ2) is 11.4. The van der Waals surface area contributed by atoms with Crippen LogP contribution in [0.25, 0.3) is 5.76 Å². The molecule has 0 saturated carbocycles. The maximum Gasteiger partial charge on any atom is 0.295 e. The fraction of sp³-hybridized carbons (Fsp3) is 0.290. The molecule has 3 aromatic carbocycles. The molecule has 0 spiro atoms. The molecular formula is C31H31NO6. The highest BCUT2D eigenvalue weighted by Gasteiger charge is 2.46. The third kappa shape index (κ3) is 5.23. The van der Waals surface area contributed by atoms with E-state index in [9.17, 15) is 14.7 Å². The summed E-state index contributed by atoms with van der Waals surface area (Å²) < 4.78 is 17.1. The van der Waals surface area contributed by atoms with Crippen molar-refractivity contribution in [3.05, 3.63) is 95.1 Å². The summed E-state index contributed by atoms with van der Waals surface area (Å²) in [6, 6.07) is 21.1. The molecule has 2 heterocycles. The number of benzene rings is 3. The summed E-state index contributed by atoms with van der Waals surface area (Å²) in [5.41, 5.74) is 2.02. The molecular weight excluding hydrogens is 482 g/mol. The van der Waals surface area contributed by atoms with Gasteiger partial charge in [0.15, 0.2) is 11.5 Å². The van der Waals surface area contributed by atoms with E-state index >= 15 is 0 Å². The molecule has 0 radical (unpaired) electrons. The van der Waals surface area contributed by atoms with Gasteiger partial charge in [-0.15, -0.1) is 0 Å². The number of aliphatic hydroxyl groups excluding tert-OH is 1. The minimum atomic E-state index is -0.766. The summed E-state index contributed by atoms with van der Waals surface area (Å²) in [6.07, 6.45) is 3.20. The number of hydrogen-bond acceptors (Lipinski definition) is 6. The number of nitrogens with zero attached hydrogens (tertiary/aromatic N) is 1. The van der Waals surface area contributed by atoms with Crippen molar-refractivity contribution in [1.82, 2.24) is 4.90 Å². The Balaban J connectivity index is 1.53. The van der Waals surface area contributed by atoms with Crippen LogP contribution in [-0.2, 0) is 16.1 Å². The first kappa shape index (κ1) is 25.4. The number of Topliss-reactive ketones (excluding diaryl/α,β-unsaturated/α-hetero) is 1. The van der Waals surface area contributed by atoms with Gasteiger partial charge in [0.2, 0.25) is 0 Å². The van der Waals surface area contributed by atoms with Gasteiger partial charge in [0.1, 0.15) is 24.7 Å². The zero-order valence-electron chi connectivity index (χ0n) is 21.4. The van der Waals surface area contributed by atoms with E-state index in [2.05, 4.69) is 6.92 Å². The second-order valence-corrected chi connectivity index (χ2v) is 9.40. The molecule has 5 rings (SSSR count). The van der Waals surface area contributed by atoms with Gasteiger partial charge in [0.25, 0.3) is 11.7 Å². The van der Waals surface area contributed by atoms with Crippen LogP contribution in [0, 0.1) is 0 Å². The van der Waals surface area contributed by atoms with Crippen LogP contribution in [0.4, 0.5) is 0 Å². The Labute approximate surface area is 222 Å². The van der Waals surface area contributed by atoms with Gasteiger partial charge in [0, 0.05) is 12.1 Å². The minimum absolute atomic E-state index is 0.0409. The molecule has 2 aliphatic rings. The van der Waals surface area contributed by atoms with Crippen molar-refractivity contribution < 1.29 is 28.9 Å². The van der Waals surface area contributed by atoms with Gasteiger partial charge >= 0.3 is 0 Å². The van der Waals surface area contributed by atoms with Crippen molar-refractivity contribution in [3.8, 4) is 17.2 Å². The molecule has 7 heteroatoms. The quantitative estimate of drug-likeness (QED) is 0.172. The Morgan fingerprint density at radius 1 is 0.947 bits per heavy atom. The second-order valence-electron chi connectivity index (χ2n) is 9.40. The number of carbonyl (C=O) groups is 2. The van der Waals surface area contributed by atoms with E-state index in [4.69, 9.17) is 14.2 Å². The van der Waals surface area contributed by atoms with Gasteiger partial charge in [-0.05, 0) is 47.9 Å². The first-order valence-corrected chi connectivity index (χ1v) is 13.0. The van der Waals surface area contributed by atoms with E-state index in [-0.39, 0.29) is 17.9 Å². The van der Waals surface area contributed by atoms with Crippen LogP contribution in [0.15, 0.2) is 78.4 Å². The van der Waals surface area contributed by atoms with Gasteiger partial charge in [-0.3, -0.25) is 9.59 Å². The average molecular weight is 514 g/mol. The molecule has 196 valence electrons. The SMILES string of the molecule is CCCCCOc1ccc([C@@H]2C(=C(O)c3ccc4c(c3)OCCO4)C(=O)C(=O)N2Cc2ccccc2)cc1. The molecule has 0 bridgehead atoms. The van der Waals surface area contributed by atoms with Gasteiger partial charge in [-0.1, -0.05) is 62.2 Å². The highest BCUT2D eigenvalue weighted by atomic mass is 16.6. The normalized spacial score (nSPS) is 18.0. The molecule has 0 unspecified atom stereocenters. The fourth-order valence-electron chi connectivity index (χ4n) is 4.80. The van der Waals surface area contributed by atoms with Crippen molar-refractivity contribution >= 4 is 17.4 Å². The fourth-order valence-corrected chi connectivity index (χ4v) is 4.80. The molecule has 1 fully saturated rings. The number of carbonyl (C=O) groups excluding carboxylic acids is 2. The third-order valence-corrected chi connectivity index (χ3v) is 6.76. The van der Waals surface area contributed by atoms with Crippen molar-refractivity contribution in [2.45, 2.75) is 38.8 Å². The minimum Gasteiger partial charge on any atom is -0.507 e. The number of fused-ring (bicyclic) bond motifs is 1. The lowest BCUT2D eigenvalue weighted by Gasteiger charge is -2.26. The number of amides is 1. The summed E-state index contributed by atoms with van der Waals surface area (Å²) in [5, 5.41) is 11.4. The number of rotatable bonds is 9. The van der Waals surface area contributed by atoms with Crippen LogP contribution in [0.1, 0.15) is 48.9 Å². The lowest BCUT2D eigenvalue weighted by molar-refractivity contribution is -0.140. The summed E-state index contributed by atoms with van der Waals surface area (Å²) in [6.45, 7) is 3.84. The first-order valence-electron chi connectivity index (χ1n) is 13.0. The van der Waals surface area contributed by atoms with Crippen molar-refractivity contribution in [3.63, 3.8) is 0 Å². The van der Waals surface area contributed by atoms with Crippen LogP contribution < -0.4 is 14.2 Å². The Bertz CT molecular complexity index is 1330. The summed E-state index contributed by atoms with van der Waals surface area (Å²) in [7, 11) is 0. The maximum atomic E-state index is 13.4. The number of ketones is 1. The van der Waals surface area contributed by atoms with Crippen LogP contribution in [-0.4, -0.2) is 41.5 Å². The average Bonchev–Trinajstić information content (AvgIpc) is 3.20. The smallest absolute Gasteiger partial charge is 0.295 e. The van der Waals surface area contributed by atoms with Gasteiger partial charge in [-0.25, -0.2) is 0 Å². The van der Waals surface area contributed by atoms with Crippen molar-refractivity contribution in [2.75, 3.05) is 19.8 Å². The first-order chi connectivity index (χ1) is 18.6. The highest BCUT2D eigenvalue weighted by Crippen LogP contribution is 2.42. The van der Waals surface area contributed by atoms with E-state index < -0.39 is 17.7 Å². The number of aliphatic hydroxyl groups is 1. The molecule has 0 aliphatic carbocycles. The predicted octanol–water partition coefficient (Wildman–Crippen LogP) is 5.65. The molecule has 0 aromatic heterocycles. The van der Waals surface area contributed by atoms with Gasteiger partial charge < -0.3 is 24.2 Å². The van der Waals surface area contributed by atoms with Crippen LogP contribution >= 0.6 is 0 Å². The zero-order chi connectivity index (χ0) is 26.5. The number of ether oxygens (including phenoxy) is 3. The Morgan fingerprint density at radius 3 is 2.42 bits per heavy atom. The molecule has 1 amide bonds. The molecule has 38 heavy (non-hydrogen) atoms. The van der Waals surface area contributed by atoms with Gasteiger partial charge in [0.05, 0.1) is 18.2 Å². The maximum absolute atomic E-state index is 13.4. The standard InChI is InChI=1S/C31H31NO6/c1-2-3-7-16-36-24-13-10-22(11-14-24)28-27(29(33)23-12-15-25-26(19-23)38-18-17-37-25)30(34)31(35)32(28)20-21-8-5-4-6-9-21/h4-6,8-15,19,28,33H,2-3,7,16-18,20H2,1H3/t28-/m1/s1. The summed E-state index contributed by atoms with van der Waals surface area (Å²) >= 11 is 0. The Hall–Kier alpha value is -4.26. The van der Waals surface area contributed by atoms with E-state index in [1.165, 1.54) is 4.90 Å². The number of hydrogen-bond donors (Lipinski definition) is 1. The number of likely N-dealkylation sites (tertiary alicyclic amines) is 1. The lowest BCUT2D eigenvalue weighted by Crippen LogP contribution is -2.29. The van der Waals surface area contributed by atoms with Crippen molar-refractivity contribution in [1.29, 1.82) is 0 Å². The Morgan fingerprint density at radius 2 is 1.68 bits per heavy atom. The molecule has 1 N–H and O–H groups in total. The van der Waals surface area contributed by atoms with Crippen molar-refractivity contribution in [2.24, 2.45) is 0 Å². The number of unbranched alkanes of at least 4 members (excludes halogenated alkanes) is 2. The van der Waals surface area contributed by atoms with E-state index in [0.29, 0.717) is 42.4 Å². The molecule has 3 aromatic rings. The lowest BCUT2D eigenvalue weighted by atomic mass is 9.95.